The molecule has 2 saturated heterocycles. The summed E-state index contributed by atoms with van der Waals surface area (Å²) in [4.78, 5) is 18.9. The fraction of sp³-hybridized carbons (Fsp3) is 0.684. The minimum Gasteiger partial charge on any atom is -0.380 e. The van der Waals surface area contributed by atoms with Crippen LogP contribution in [0.4, 0.5) is 0 Å². The fourth-order valence-electron chi connectivity index (χ4n) is 4.06. The van der Waals surface area contributed by atoms with E-state index < -0.39 is 0 Å². The molecule has 0 N–H and O–H groups in total. The van der Waals surface area contributed by atoms with Crippen molar-refractivity contribution in [2.45, 2.75) is 38.2 Å². The number of piperidine rings is 1. The molecule has 0 bridgehead atoms. The van der Waals surface area contributed by atoms with Gasteiger partial charge in [0.1, 0.15) is 0 Å². The van der Waals surface area contributed by atoms with Gasteiger partial charge in [0.05, 0.1) is 18.3 Å². The summed E-state index contributed by atoms with van der Waals surface area (Å²) in [6.45, 7) is 3.90. The minimum absolute atomic E-state index is 0.0384. The fourth-order valence-corrected chi connectivity index (χ4v) is 4.06. The highest BCUT2D eigenvalue weighted by Gasteiger charge is 2.47. The van der Waals surface area contributed by atoms with E-state index in [2.05, 4.69) is 4.98 Å². The number of hydrogen-bond acceptors (Lipinski definition) is 4. The molecule has 0 spiro atoms. The van der Waals surface area contributed by atoms with Crippen molar-refractivity contribution in [2.24, 2.45) is 11.3 Å². The van der Waals surface area contributed by atoms with Gasteiger partial charge in [0.15, 0.2) is 0 Å². The van der Waals surface area contributed by atoms with E-state index in [-0.39, 0.29) is 17.4 Å². The van der Waals surface area contributed by atoms with Crippen molar-refractivity contribution in [1.29, 1.82) is 0 Å². The van der Waals surface area contributed by atoms with E-state index in [0.29, 0.717) is 12.2 Å². The zero-order valence-electron chi connectivity index (χ0n) is 14.2. The summed E-state index contributed by atoms with van der Waals surface area (Å²) in [6.07, 6.45) is 9.23. The van der Waals surface area contributed by atoms with Crippen LogP contribution in [0.2, 0.25) is 0 Å². The van der Waals surface area contributed by atoms with Crippen LogP contribution in [-0.2, 0) is 9.47 Å². The quantitative estimate of drug-likeness (QED) is 0.832. The molecule has 130 valence electrons. The molecule has 1 amide bonds. The molecular formula is C19H26N2O3. The van der Waals surface area contributed by atoms with Crippen molar-refractivity contribution >= 4 is 5.91 Å². The van der Waals surface area contributed by atoms with Crippen molar-refractivity contribution in [3.63, 3.8) is 0 Å². The molecule has 5 nitrogen and oxygen atoms in total. The Morgan fingerprint density at radius 2 is 2.33 bits per heavy atom. The normalized spacial score (nSPS) is 30.0. The van der Waals surface area contributed by atoms with Gasteiger partial charge in [0.2, 0.25) is 0 Å². The van der Waals surface area contributed by atoms with Gasteiger partial charge in [0.25, 0.3) is 5.91 Å². The molecule has 1 aromatic heterocycles. The number of ether oxygens (including phenoxy) is 2. The number of hydrogen-bond donors (Lipinski definition) is 0. The Labute approximate surface area is 143 Å². The van der Waals surface area contributed by atoms with Crippen molar-refractivity contribution in [2.75, 3.05) is 32.9 Å². The first-order valence-electron chi connectivity index (χ1n) is 9.15. The average molecular weight is 330 g/mol. The van der Waals surface area contributed by atoms with Gasteiger partial charge in [-0.25, -0.2) is 0 Å². The second-order valence-electron chi connectivity index (χ2n) is 7.54. The number of carbonyl (C=O) groups excluding carboxylic acids is 1. The largest absolute Gasteiger partial charge is 0.380 e. The van der Waals surface area contributed by atoms with E-state index in [1.807, 2.05) is 17.0 Å². The maximum Gasteiger partial charge on any atom is 0.255 e. The third-order valence-corrected chi connectivity index (χ3v) is 5.62. The standard InChI is InChI=1S/C19H26N2O3/c22-18(16-3-1-8-20-11-16)21-9-6-17-19(13-21,7-2-10-24-17)14-23-12-15-4-5-15/h1,3,8,11,15,17H,2,4-7,9-10,12-14H2/t17-,19+/m1/s1. The molecular weight excluding hydrogens is 304 g/mol. The Kier molecular flexibility index (Phi) is 4.55. The predicted molar refractivity (Wildman–Crippen MR) is 89.7 cm³/mol. The predicted octanol–water partition coefficient (Wildman–Crippen LogP) is 2.52. The highest BCUT2D eigenvalue weighted by Crippen LogP contribution is 2.41. The van der Waals surface area contributed by atoms with E-state index in [4.69, 9.17) is 9.47 Å². The molecule has 24 heavy (non-hydrogen) atoms. The summed E-state index contributed by atoms with van der Waals surface area (Å²) in [6, 6.07) is 3.66. The van der Waals surface area contributed by atoms with Gasteiger partial charge in [0, 0.05) is 44.1 Å². The van der Waals surface area contributed by atoms with Crippen LogP contribution in [0.3, 0.4) is 0 Å². The first-order valence-corrected chi connectivity index (χ1v) is 9.15. The van der Waals surface area contributed by atoms with Gasteiger partial charge < -0.3 is 14.4 Å². The molecule has 1 aliphatic carbocycles. The van der Waals surface area contributed by atoms with Crippen molar-refractivity contribution in [3.05, 3.63) is 30.1 Å². The van der Waals surface area contributed by atoms with Crippen LogP contribution < -0.4 is 0 Å². The molecule has 5 heteroatoms. The first kappa shape index (κ1) is 16.0. The molecule has 2 atom stereocenters. The Balaban J connectivity index is 1.46. The molecule has 3 fully saturated rings. The minimum atomic E-state index is -0.0384. The van der Waals surface area contributed by atoms with Crippen LogP contribution in [0, 0.1) is 11.3 Å². The average Bonchev–Trinajstić information content (AvgIpc) is 3.45. The van der Waals surface area contributed by atoms with Crippen molar-refractivity contribution in [3.8, 4) is 0 Å². The van der Waals surface area contributed by atoms with E-state index in [0.717, 1.165) is 51.5 Å². The molecule has 2 aliphatic heterocycles. The Morgan fingerprint density at radius 1 is 1.42 bits per heavy atom. The number of nitrogens with zero attached hydrogens (tertiary/aromatic N) is 2. The molecule has 4 rings (SSSR count). The van der Waals surface area contributed by atoms with E-state index in [9.17, 15) is 4.79 Å². The Morgan fingerprint density at radius 3 is 3.12 bits per heavy atom. The zero-order valence-corrected chi connectivity index (χ0v) is 14.2. The lowest BCUT2D eigenvalue weighted by atomic mass is 9.73. The number of fused-ring (bicyclic) bond motifs is 1. The molecule has 3 aliphatic rings. The SMILES string of the molecule is O=C(c1cccnc1)N1CC[C@H]2OCCC[C@@]2(COCC2CC2)C1. The molecule has 0 unspecified atom stereocenters. The monoisotopic (exact) mass is 330 g/mol. The topological polar surface area (TPSA) is 51.7 Å². The van der Waals surface area contributed by atoms with Gasteiger partial charge in [-0.05, 0) is 50.2 Å². The lowest BCUT2D eigenvalue weighted by molar-refractivity contribution is -0.147. The summed E-state index contributed by atoms with van der Waals surface area (Å²) in [5.74, 6) is 0.842. The molecule has 0 aromatic carbocycles. The number of rotatable bonds is 5. The van der Waals surface area contributed by atoms with Crippen molar-refractivity contribution < 1.29 is 14.3 Å². The van der Waals surface area contributed by atoms with Gasteiger partial charge >= 0.3 is 0 Å². The van der Waals surface area contributed by atoms with E-state index in [1.54, 1.807) is 12.4 Å². The molecule has 1 aromatic rings. The number of aromatic nitrogens is 1. The van der Waals surface area contributed by atoms with Crippen LogP contribution in [0.15, 0.2) is 24.5 Å². The maximum absolute atomic E-state index is 12.8. The highest BCUT2D eigenvalue weighted by atomic mass is 16.5. The van der Waals surface area contributed by atoms with E-state index in [1.165, 1.54) is 12.8 Å². The number of carbonyl (C=O) groups is 1. The van der Waals surface area contributed by atoms with Crippen LogP contribution >= 0.6 is 0 Å². The summed E-state index contributed by atoms with van der Waals surface area (Å²) in [5, 5.41) is 0. The first-order chi connectivity index (χ1) is 11.8. The van der Waals surface area contributed by atoms with E-state index >= 15 is 0 Å². The third-order valence-electron chi connectivity index (χ3n) is 5.62. The van der Waals surface area contributed by atoms with Crippen LogP contribution in [0.25, 0.3) is 0 Å². The van der Waals surface area contributed by atoms with Crippen LogP contribution in [0.1, 0.15) is 42.5 Å². The van der Waals surface area contributed by atoms with Crippen molar-refractivity contribution in [1.82, 2.24) is 9.88 Å². The maximum atomic E-state index is 12.8. The Hall–Kier alpha value is -1.46. The number of amides is 1. The number of pyridine rings is 1. The zero-order chi connectivity index (χ0) is 16.4. The summed E-state index contributed by atoms with van der Waals surface area (Å²) in [7, 11) is 0. The molecule has 1 saturated carbocycles. The lowest BCUT2D eigenvalue weighted by Crippen LogP contribution is -2.58. The van der Waals surface area contributed by atoms with Gasteiger partial charge in [-0.15, -0.1) is 0 Å². The third kappa shape index (κ3) is 3.33. The Bertz CT molecular complexity index is 575. The molecule has 3 heterocycles. The summed E-state index contributed by atoms with van der Waals surface area (Å²) in [5.41, 5.74) is 0.630. The second kappa shape index (κ2) is 6.81. The van der Waals surface area contributed by atoms with Crippen LogP contribution in [-0.4, -0.2) is 54.8 Å². The second-order valence-corrected chi connectivity index (χ2v) is 7.54. The lowest BCUT2D eigenvalue weighted by Gasteiger charge is -2.50. The highest BCUT2D eigenvalue weighted by molar-refractivity contribution is 5.94. The summed E-state index contributed by atoms with van der Waals surface area (Å²) >= 11 is 0. The van der Waals surface area contributed by atoms with Gasteiger partial charge in [-0.2, -0.15) is 0 Å². The van der Waals surface area contributed by atoms with Crippen LogP contribution in [0.5, 0.6) is 0 Å². The number of likely N-dealkylation sites (tertiary alicyclic amines) is 1. The van der Waals surface area contributed by atoms with Gasteiger partial charge in [-0.1, -0.05) is 0 Å². The van der Waals surface area contributed by atoms with Gasteiger partial charge in [-0.3, -0.25) is 9.78 Å². The molecule has 0 radical (unpaired) electrons. The summed E-state index contributed by atoms with van der Waals surface area (Å²) < 4.78 is 12.1. The smallest absolute Gasteiger partial charge is 0.255 e.